The second kappa shape index (κ2) is 9.38. The van der Waals surface area contributed by atoms with E-state index in [1.165, 1.54) is 29.2 Å². The highest BCUT2D eigenvalue weighted by Gasteiger charge is 2.22. The average Bonchev–Trinajstić information content (AvgIpc) is 2.71. The fraction of sp³-hybridized carbons (Fsp3) is 0.321. The molecule has 0 spiro atoms. The number of ether oxygens (including phenoxy) is 2. The second-order valence-electron chi connectivity index (χ2n) is 8.69. The van der Waals surface area contributed by atoms with Crippen LogP contribution in [0, 0.1) is 13.8 Å². The van der Waals surface area contributed by atoms with E-state index in [0.29, 0.717) is 5.75 Å². The zero-order valence-electron chi connectivity index (χ0n) is 19.4. The molecule has 0 saturated heterocycles. The second-order valence-corrected chi connectivity index (χ2v) is 8.69. The molecule has 1 unspecified atom stereocenters. The third-order valence-electron chi connectivity index (χ3n) is 5.74. The van der Waals surface area contributed by atoms with Gasteiger partial charge in [0.2, 0.25) is 0 Å². The SMILES string of the molecule is CCC(C)(C)Oc1ccc(C(c2ccccc2)c2ccc(OC(C)=O)cc2C)c(C)c1. The summed E-state index contributed by atoms with van der Waals surface area (Å²) in [6.07, 6.45) is 0.939. The van der Waals surface area contributed by atoms with Gasteiger partial charge in [-0.1, -0.05) is 49.4 Å². The van der Waals surface area contributed by atoms with Crippen molar-refractivity contribution in [3.63, 3.8) is 0 Å². The molecule has 0 heterocycles. The molecule has 3 rings (SSSR count). The number of hydrogen-bond acceptors (Lipinski definition) is 3. The number of aryl methyl sites for hydroxylation is 2. The van der Waals surface area contributed by atoms with Crippen LogP contribution in [0.3, 0.4) is 0 Å². The molecule has 0 amide bonds. The van der Waals surface area contributed by atoms with E-state index < -0.39 is 0 Å². The van der Waals surface area contributed by atoms with Crippen molar-refractivity contribution < 1.29 is 14.3 Å². The van der Waals surface area contributed by atoms with Gasteiger partial charge in [0.15, 0.2) is 0 Å². The van der Waals surface area contributed by atoms with Gasteiger partial charge >= 0.3 is 5.97 Å². The fourth-order valence-electron chi connectivity index (χ4n) is 3.80. The number of esters is 1. The van der Waals surface area contributed by atoms with E-state index in [4.69, 9.17) is 9.47 Å². The Morgan fingerprint density at radius 1 is 0.871 bits per heavy atom. The Kier molecular flexibility index (Phi) is 6.84. The lowest BCUT2D eigenvalue weighted by Crippen LogP contribution is -2.26. The van der Waals surface area contributed by atoms with E-state index in [0.717, 1.165) is 17.7 Å². The number of rotatable bonds is 7. The molecular formula is C28H32O3. The summed E-state index contributed by atoms with van der Waals surface area (Å²) in [5, 5.41) is 0. The van der Waals surface area contributed by atoms with Gasteiger partial charge in [0.1, 0.15) is 17.1 Å². The largest absolute Gasteiger partial charge is 0.488 e. The minimum Gasteiger partial charge on any atom is -0.488 e. The van der Waals surface area contributed by atoms with Crippen molar-refractivity contribution in [2.24, 2.45) is 0 Å². The molecule has 0 aliphatic heterocycles. The van der Waals surface area contributed by atoms with Crippen LogP contribution in [0.25, 0.3) is 0 Å². The fourth-order valence-corrected chi connectivity index (χ4v) is 3.80. The van der Waals surface area contributed by atoms with E-state index in [1.807, 2.05) is 18.2 Å². The van der Waals surface area contributed by atoms with E-state index in [9.17, 15) is 4.79 Å². The summed E-state index contributed by atoms with van der Waals surface area (Å²) >= 11 is 0. The van der Waals surface area contributed by atoms with Crippen molar-refractivity contribution in [3.8, 4) is 11.5 Å². The lowest BCUT2D eigenvalue weighted by atomic mass is 9.81. The number of carbonyl (C=O) groups is 1. The quantitative estimate of drug-likeness (QED) is 0.237. The van der Waals surface area contributed by atoms with Crippen LogP contribution >= 0.6 is 0 Å². The maximum absolute atomic E-state index is 11.3. The summed E-state index contributed by atoms with van der Waals surface area (Å²) in [5.74, 6) is 1.22. The van der Waals surface area contributed by atoms with Crippen molar-refractivity contribution in [1.29, 1.82) is 0 Å². The van der Waals surface area contributed by atoms with Crippen molar-refractivity contribution in [1.82, 2.24) is 0 Å². The molecule has 0 saturated carbocycles. The molecule has 3 heteroatoms. The van der Waals surface area contributed by atoms with Gasteiger partial charge in [0.25, 0.3) is 0 Å². The average molecular weight is 417 g/mol. The van der Waals surface area contributed by atoms with Crippen molar-refractivity contribution >= 4 is 5.97 Å². The molecule has 0 fully saturated rings. The van der Waals surface area contributed by atoms with Gasteiger partial charge in [0, 0.05) is 12.8 Å². The molecule has 0 radical (unpaired) electrons. The number of benzene rings is 3. The Morgan fingerprint density at radius 3 is 1.94 bits per heavy atom. The Balaban J connectivity index is 2.07. The van der Waals surface area contributed by atoms with Crippen LogP contribution in [0.5, 0.6) is 11.5 Å². The van der Waals surface area contributed by atoms with Crippen LogP contribution in [0.2, 0.25) is 0 Å². The molecule has 1 atom stereocenters. The van der Waals surface area contributed by atoms with E-state index in [2.05, 4.69) is 83.1 Å². The predicted molar refractivity (Wildman–Crippen MR) is 126 cm³/mol. The lowest BCUT2D eigenvalue weighted by molar-refractivity contribution is -0.131. The van der Waals surface area contributed by atoms with Crippen LogP contribution in [-0.4, -0.2) is 11.6 Å². The first kappa shape index (κ1) is 22.6. The maximum atomic E-state index is 11.3. The molecule has 3 aromatic rings. The Labute approximate surface area is 186 Å². The maximum Gasteiger partial charge on any atom is 0.308 e. The first-order chi connectivity index (χ1) is 14.7. The third-order valence-corrected chi connectivity index (χ3v) is 5.74. The summed E-state index contributed by atoms with van der Waals surface area (Å²) in [7, 11) is 0. The molecule has 0 bridgehead atoms. The van der Waals surface area contributed by atoms with Crippen molar-refractivity contribution in [2.45, 2.75) is 59.5 Å². The number of hydrogen-bond donors (Lipinski definition) is 0. The van der Waals surface area contributed by atoms with Crippen LogP contribution in [0.1, 0.15) is 67.9 Å². The summed E-state index contributed by atoms with van der Waals surface area (Å²) in [4.78, 5) is 11.3. The monoisotopic (exact) mass is 416 g/mol. The van der Waals surface area contributed by atoms with Gasteiger partial charge in [-0.15, -0.1) is 0 Å². The van der Waals surface area contributed by atoms with Crippen molar-refractivity contribution in [3.05, 3.63) is 94.5 Å². The third kappa shape index (κ3) is 5.55. The van der Waals surface area contributed by atoms with Gasteiger partial charge in [-0.3, -0.25) is 4.79 Å². The summed E-state index contributed by atoms with van der Waals surface area (Å²) in [6.45, 7) is 12.0. The highest BCUT2D eigenvalue weighted by molar-refractivity contribution is 5.69. The first-order valence-electron chi connectivity index (χ1n) is 10.8. The van der Waals surface area contributed by atoms with E-state index in [-0.39, 0.29) is 17.5 Å². The van der Waals surface area contributed by atoms with Crippen LogP contribution in [0.15, 0.2) is 66.7 Å². The first-order valence-corrected chi connectivity index (χ1v) is 10.8. The molecule has 0 aliphatic carbocycles. The lowest BCUT2D eigenvalue weighted by Gasteiger charge is -2.27. The summed E-state index contributed by atoms with van der Waals surface area (Å²) in [6, 6.07) is 22.7. The number of carbonyl (C=O) groups excluding carboxylic acids is 1. The molecule has 0 aromatic heterocycles. The smallest absolute Gasteiger partial charge is 0.308 e. The summed E-state index contributed by atoms with van der Waals surface area (Å²) < 4.78 is 11.5. The minimum absolute atomic E-state index is 0.0702. The van der Waals surface area contributed by atoms with Crippen LogP contribution < -0.4 is 9.47 Å². The highest BCUT2D eigenvalue weighted by Crippen LogP contribution is 2.38. The normalized spacial score (nSPS) is 12.3. The molecular weight excluding hydrogens is 384 g/mol. The van der Waals surface area contributed by atoms with Crippen molar-refractivity contribution in [2.75, 3.05) is 0 Å². The van der Waals surface area contributed by atoms with Crippen LogP contribution in [-0.2, 0) is 4.79 Å². The molecule has 3 aromatic carbocycles. The van der Waals surface area contributed by atoms with Gasteiger partial charge in [-0.25, -0.2) is 0 Å². The van der Waals surface area contributed by atoms with E-state index in [1.54, 1.807) is 0 Å². The molecule has 31 heavy (non-hydrogen) atoms. The molecule has 3 nitrogen and oxygen atoms in total. The van der Waals surface area contributed by atoms with Crippen LogP contribution in [0.4, 0.5) is 0 Å². The predicted octanol–water partition coefficient (Wildman–Crippen LogP) is 6.98. The summed E-state index contributed by atoms with van der Waals surface area (Å²) in [5.41, 5.74) is 5.71. The highest BCUT2D eigenvalue weighted by atomic mass is 16.5. The topological polar surface area (TPSA) is 35.5 Å². The molecule has 162 valence electrons. The van der Waals surface area contributed by atoms with Gasteiger partial charge in [0.05, 0.1) is 0 Å². The van der Waals surface area contributed by atoms with Gasteiger partial charge < -0.3 is 9.47 Å². The molecule has 0 N–H and O–H groups in total. The Morgan fingerprint density at radius 2 is 1.42 bits per heavy atom. The molecule has 0 aliphatic rings. The van der Waals surface area contributed by atoms with Gasteiger partial charge in [-0.05, 0) is 86.2 Å². The Bertz CT molecular complexity index is 1050. The Hall–Kier alpha value is -3.07. The standard InChI is InChI=1S/C28H32O3/c1-7-28(5,6)31-24-14-16-26(20(3)18-24)27(22-11-9-8-10-12-22)25-15-13-23(17-19(25)2)30-21(4)29/h8-18,27H,7H2,1-6H3. The van der Waals surface area contributed by atoms with Gasteiger partial charge in [-0.2, -0.15) is 0 Å². The zero-order valence-corrected chi connectivity index (χ0v) is 19.4. The minimum atomic E-state index is -0.312. The van der Waals surface area contributed by atoms with E-state index >= 15 is 0 Å². The zero-order chi connectivity index (χ0) is 22.6.